The average Bonchev–Trinajstić information content (AvgIpc) is 2.81. The Morgan fingerprint density at radius 1 is 1.58 bits per heavy atom. The van der Waals surface area contributed by atoms with Crippen LogP contribution < -0.4 is 5.32 Å². The van der Waals surface area contributed by atoms with Crippen LogP contribution in [0.4, 0.5) is 4.79 Å². The molecule has 3 heteroatoms. The summed E-state index contributed by atoms with van der Waals surface area (Å²) in [6.45, 7) is 4.35. The molecule has 0 aromatic heterocycles. The lowest BCUT2D eigenvalue weighted by Crippen LogP contribution is -2.44. The molecule has 12 heavy (non-hydrogen) atoms. The summed E-state index contributed by atoms with van der Waals surface area (Å²) < 4.78 is 0. The Morgan fingerprint density at radius 3 is 2.42 bits per heavy atom. The molecule has 2 amide bonds. The van der Waals surface area contributed by atoms with Gasteiger partial charge in [0, 0.05) is 20.1 Å². The number of nitrogens with one attached hydrogen (secondary N) is 1. The zero-order valence-electron chi connectivity index (χ0n) is 8.35. The van der Waals surface area contributed by atoms with Gasteiger partial charge < -0.3 is 10.2 Å². The van der Waals surface area contributed by atoms with Gasteiger partial charge in [-0.15, -0.1) is 0 Å². The second-order valence-corrected chi connectivity index (χ2v) is 4.00. The Morgan fingerprint density at radius 2 is 2.08 bits per heavy atom. The van der Waals surface area contributed by atoms with Gasteiger partial charge in [0.25, 0.3) is 0 Å². The highest BCUT2D eigenvalue weighted by atomic mass is 16.2. The van der Waals surface area contributed by atoms with Crippen molar-refractivity contribution in [3.8, 4) is 0 Å². The van der Waals surface area contributed by atoms with Crippen LogP contribution in [0.25, 0.3) is 0 Å². The van der Waals surface area contributed by atoms with Gasteiger partial charge in [0.2, 0.25) is 0 Å². The number of amides is 2. The number of carbonyl (C=O) groups excluding carboxylic acids is 1. The third kappa shape index (κ3) is 1.54. The van der Waals surface area contributed by atoms with Crippen LogP contribution in [0.5, 0.6) is 0 Å². The minimum absolute atomic E-state index is 0.00984. The molecule has 1 saturated carbocycles. The Balaban J connectivity index is 2.51. The molecule has 0 bridgehead atoms. The maximum atomic E-state index is 11.2. The molecule has 1 fully saturated rings. The second kappa shape index (κ2) is 2.96. The van der Waals surface area contributed by atoms with E-state index in [9.17, 15) is 4.79 Å². The van der Waals surface area contributed by atoms with Crippen molar-refractivity contribution in [1.29, 1.82) is 0 Å². The first kappa shape index (κ1) is 9.36. The van der Waals surface area contributed by atoms with Gasteiger partial charge >= 0.3 is 6.03 Å². The topological polar surface area (TPSA) is 32.3 Å². The van der Waals surface area contributed by atoms with E-state index in [2.05, 4.69) is 19.2 Å². The molecule has 0 aliphatic heterocycles. The highest BCUT2D eigenvalue weighted by Gasteiger charge is 2.45. The van der Waals surface area contributed by atoms with Crippen LogP contribution in [0.2, 0.25) is 0 Å². The van der Waals surface area contributed by atoms with E-state index >= 15 is 0 Å². The highest BCUT2D eigenvalue weighted by Crippen LogP contribution is 2.49. The maximum absolute atomic E-state index is 11.2. The van der Waals surface area contributed by atoms with Gasteiger partial charge in [0.1, 0.15) is 0 Å². The molecule has 3 nitrogen and oxygen atoms in total. The molecule has 1 N–H and O–H groups in total. The fourth-order valence-corrected chi connectivity index (χ4v) is 1.43. The van der Waals surface area contributed by atoms with Gasteiger partial charge in [-0.3, -0.25) is 0 Å². The molecule has 0 aromatic rings. The molecule has 1 unspecified atom stereocenters. The summed E-state index contributed by atoms with van der Waals surface area (Å²) in [7, 11) is 3.52. The van der Waals surface area contributed by atoms with Crippen LogP contribution in [-0.2, 0) is 0 Å². The van der Waals surface area contributed by atoms with Gasteiger partial charge in [-0.05, 0) is 25.2 Å². The quantitative estimate of drug-likeness (QED) is 0.668. The van der Waals surface area contributed by atoms with Crippen molar-refractivity contribution in [1.82, 2.24) is 10.2 Å². The van der Waals surface area contributed by atoms with E-state index in [1.807, 2.05) is 7.05 Å². The minimum Gasteiger partial charge on any atom is -0.341 e. The van der Waals surface area contributed by atoms with E-state index in [1.54, 1.807) is 11.9 Å². The monoisotopic (exact) mass is 170 g/mol. The fraction of sp³-hybridized carbons (Fsp3) is 0.889. The van der Waals surface area contributed by atoms with Crippen molar-refractivity contribution in [2.45, 2.75) is 32.7 Å². The Labute approximate surface area is 74.1 Å². The summed E-state index contributed by atoms with van der Waals surface area (Å²) in [6, 6.07) is 0.355. The number of urea groups is 1. The highest BCUT2D eigenvalue weighted by molar-refractivity contribution is 5.73. The molecule has 0 spiro atoms. The van der Waals surface area contributed by atoms with E-state index < -0.39 is 0 Å². The summed E-state index contributed by atoms with van der Waals surface area (Å²) in [4.78, 5) is 13.0. The fourth-order valence-electron chi connectivity index (χ4n) is 1.43. The summed E-state index contributed by atoms with van der Waals surface area (Å²) in [5, 5.41) is 2.63. The van der Waals surface area contributed by atoms with Gasteiger partial charge in [-0.25, -0.2) is 4.79 Å². The summed E-state index contributed by atoms with van der Waals surface area (Å²) in [6.07, 6.45) is 2.49. The van der Waals surface area contributed by atoms with Crippen molar-refractivity contribution in [3.63, 3.8) is 0 Å². The SMILES string of the molecule is CNC(=O)N(C)C(C)C1(C)CC1. The predicted molar refractivity (Wildman–Crippen MR) is 49.0 cm³/mol. The van der Waals surface area contributed by atoms with Crippen LogP contribution >= 0.6 is 0 Å². The van der Waals surface area contributed by atoms with Gasteiger partial charge in [-0.1, -0.05) is 6.92 Å². The van der Waals surface area contributed by atoms with Crippen molar-refractivity contribution in [2.24, 2.45) is 5.41 Å². The van der Waals surface area contributed by atoms with Crippen LogP contribution in [0.15, 0.2) is 0 Å². The lowest BCUT2D eigenvalue weighted by atomic mass is 10.00. The van der Waals surface area contributed by atoms with E-state index in [1.165, 1.54) is 12.8 Å². The number of carbonyl (C=O) groups is 1. The Bertz CT molecular complexity index is 187. The Kier molecular flexibility index (Phi) is 2.31. The number of hydrogen-bond donors (Lipinski definition) is 1. The average molecular weight is 170 g/mol. The molecule has 1 aliphatic carbocycles. The maximum Gasteiger partial charge on any atom is 0.317 e. The molecule has 0 saturated heterocycles. The molecule has 70 valence electrons. The van der Waals surface area contributed by atoms with Crippen LogP contribution in [0.1, 0.15) is 26.7 Å². The van der Waals surface area contributed by atoms with Crippen molar-refractivity contribution < 1.29 is 4.79 Å². The van der Waals surface area contributed by atoms with Crippen molar-refractivity contribution in [3.05, 3.63) is 0 Å². The van der Waals surface area contributed by atoms with Crippen LogP contribution in [0, 0.1) is 5.41 Å². The standard InChI is InChI=1S/C9H18N2O/c1-7(9(2)5-6-9)11(4)8(12)10-3/h7H,5-6H2,1-4H3,(H,10,12). The van der Waals surface area contributed by atoms with Gasteiger partial charge in [0.15, 0.2) is 0 Å². The first-order chi connectivity index (χ1) is 5.51. The number of rotatable bonds is 2. The van der Waals surface area contributed by atoms with Crippen molar-refractivity contribution in [2.75, 3.05) is 14.1 Å². The molecule has 0 aromatic carbocycles. The summed E-state index contributed by atoms with van der Waals surface area (Å²) in [5.74, 6) is 0. The number of nitrogens with zero attached hydrogens (tertiary/aromatic N) is 1. The third-order valence-electron chi connectivity index (χ3n) is 3.16. The zero-order chi connectivity index (χ0) is 9.35. The molecular weight excluding hydrogens is 152 g/mol. The van der Waals surface area contributed by atoms with E-state index in [4.69, 9.17) is 0 Å². The first-order valence-corrected chi connectivity index (χ1v) is 4.46. The number of hydrogen-bond acceptors (Lipinski definition) is 1. The lowest BCUT2D eigenvalue weighted by molar-refractivity contribution is 0.172. The largest absolute Gasteiger partial charge is 0.341 e. The van der Waals surface area contributed by atoms with E-state index in [-0.39, 0.29) is 6.03 Å². The third-order valence-corrected chi connectivity index (χ3v) is 3.16. The zero-order valence-corrected chi connectivity index (χ0v) is 8.35. The smallest absolute Gasteiger partial charge is 0.317 e. The predicted octanol–water partition coefficient (Wildman–Crippen LogP) is 1.45. The molecule has 1 atom stereocenters. The summed E-state index contributed by atoms with van der Waals surface area (Å²) >= 11 is 0. The second-order valence-electron chi connectivity index (χ2n) is 4.00. The molecule has 1 aliphatic rings. The molecule has 0 radical (unpaired) electrons. The van der Waals surface area contributed by atoms with Crippen LogP contribution in [-0.4, -0.2) is 31.1 Å². The normalized spacial score (nSPS) is 21.3. The molecular formula is C9H18N2O. The van der Waals surface area contributed by atoms with Crippen LogP contribution in [0.3, 0.4) is 0 Å². The minimum atomic E-state index is 0.00984. The van der Waals surface area contributed by atoms with E-state index in [0.717, 1.165) is 0 Å². The summed E-state index contributed by atoms with van der Waals surface area (Å²) in [5.41, 5.74) is 0.376. The van der Waals surface area contributed by atoms with Gasteiger partial charge in [-0.2, -0.15) is 0 Å². The van der Waals surface area contributed by atoms with E-state index in [0.29, 0.717) is 11.5 Å². The molecule has 1 rings (SSSR count). The van der Waals surface area contributed by atoms with Gasteiger partial charge in [0.05, 0.1) is 0 Å². The van der Waals surface area contributed by atoms with Crippen molar-refractivity contribution >= 4 is 6.03 Å². The first-order valence-electron chi connectivity index (χ1n) is 4.46. The molecule has 0 heterocycles. The Hall–Kier alpha value is -0.730. The lowest BCUT2D eigenvalue weighted by Gasteiger charge is -2.29.